The summed E-state index contributed by atoms with van der Waals surface area (Å²) in [5.41, 5.74) is 1.61. The molecule has 2 heterocycles. The Morgan fingerprint density at radius 2 is 2.22 bits per heavy atom. The predicted octanol–water partition coefficient (Wildman–Crippen LogP) is 1.85. The number of aryl methyl sites for hydroxylation is 1. The van der Waals surface area contributed by atoms with Gasteiger partial charge in [0.05, 0.1) is 12.5 Å². The maximum absolute atomic E-state index is 12.3. The number of carbonyl (C=O) groups is 1. The zero-order chi connectivity index (χ0) is 12.5. The van der Waals surface area contributed by atoms with Crippen LogP contribution < -0.4 is 4.74 Å². The molecule has 1 aromatic carbocycles. The fourth-order valence-corrected chi connectivity index (χ4v) is 2.25. The normalized spacial score (nSPS) is 17.9. The van der Waals surface area contributed by atoms with E-state index in [9.17, 15) is 4.79 Å². The van der Waals surface area contributed by atoms with Crippen LogP contribution in [0.5, 0.6) is 5.75 Å². The number of aromatic nitrogens is 2. The number of benzene rings is 1. The number of rotatable bonds is 2. The van der Waals surface area contributed by atoms with Crippen LogP contribution in [0.15, 0.2) is 36.5 Å². The Balaban J connectivity index is 1.82. The Bertz CT molecular complexity index is 589. The molecule has 4 nitrogen and oxygen atoms in total. The van der Waals surface area contributed by atoms with Gasteiger partial charge in [-0.1, -0.05) is 18.2 Å². The van der Waals surface area contributed by atoms with Gasteiger partial charge in [0.25, 0.3) is 0 Å². The van der Waals surface area contributed by atoms with Crippen molar-refractivity contribution in [2.45, 2.75) is 6.42 Å². The maximum Gasteiger partial charge on any atom is 0.189 e. The largest absolute Gasteiger partial charge is 0.493 e. The molecular formula is C14H14N2O2. The summed E-state index contributed by atoms with van der Waals surface area (Å²) in [6.45, 7) is 0.437. The number of hydrogen-bond acceptors (Lipinski definition) is 3. The lowest BCUT2D eigenvalue weighted by molar-refractivity contribution is 0.0849. The first-order valence-corrected chi connectivity index (χ1v) is 5.98. The minimum atomic E-state index is -0.130. The Hall–Kier alpha value is -2.10. The molecule has 0 N–H and O–H groups in total. The summed E-state index contributed by atoms with van der Waals surface area (Å²) in [5, 5.41) is 4.15. The van der Waals surface area contributed by atoms with Crippen molar-refractivity contribution >= 4 is 5.78 Å². The average molecular weight is 242 g/mol. The molecule has 0 radical (unpaired) electrons. The summed E-state index contributed by atoms with van der Waals surface area (Å²) in [5.74, 6) is 0.822. The Labute approximate surface area is 105 Å². The van der Waals surface area contributed by atoms with Gasteiger partial charge in [0, 0.05) is 13.2 Å². The van der Waals surface area contributed by atoms with E-state index < -0.39 is 0 Å². The first-order valence-electron chi connectivity index (χ1n) is 5.98. The van der Waals surface area contributed by atoms with Crippen molar-refractivity contribution in [3.63, 3.8) is 0 Å². The second kappa shape index (κ2) is 4.29. The number of Topliss-reactive ketones (excluding diaryl/α,β-unsaturated/α-hetero) is 1. The highest BCUT2D eigenvalue weighted by molar-refractivity contribution is 5.96. The third kappa shape index (κ3) is 1.90. The number of hydrogen-bond donors (Lipinski definition) is 0. The molecule has 4 heteroatoms. The number of fused-ring (bicyclic) bond motifs is 1. The topological polar surface area (TPSA) is 44.1 Å². The van der Waals surface area contributed by atoms with E-state index in [0.29, 0.717) is 12.3 Å². The van der Waals surface area contributed by atoms with Crippen molar-refractivity contribution in [1.29, 1.82) is 0 Å². The molecule has 0 saturated heterocycles. The highest BCUT2D eigenvalue weighted by Gasteiger charge is 2.27. The minimum absolute atomic E-state index is 0.0603. The van der Waals surface area contributed by atoms with E-state index in [1.165, 1.54) is 0 Å². The van der Waals surface area contributed by atoms with Crippen LogP contribution in [0.4, 0.5) is 0 Å². The van der Waals surface area contributed by atoms with E-state index in [1.54, 1.807) is 16.9 Å². The van der Waals surface area contributed by atoms with Gasteiger partial charge in [-0.3, -0.25) is 9.48 Å². The minimum Gasteiger partial charge on any atom is -0.493 e. The summed E-state index contributed by atoms with van der Waals surface area (Å²) in [6, 6.07) is 9.61. The van der Waals surface area contributed by atoms with E-state index in [4.69, 9.17) is 4.74 Å². The van der Waals surface area contributed by atoms with Crippen molar-refractivity contribution < 1.29 is 9.53 Å². The third-order valence-corrected chi connectivity index (χ3v) is 3.22. The van der Waals surface area contributed by atoms with Crippen molar-refractivity contribution in [1.82, 2.24) is 9.78 Å². The summed E-state index contributed by atoms with van der Waals surface area (Å²) < 4.78 is 7.27. The van der Waals surface area contributed by atoms with Crippen LogP contribution in [-0.4, -0.2) is 22.2 Å². The van der Waals surface area contributed by atoms with Crippen molar-refractivity contribution in [3.05, 3.63) is 47.8 Å². The lowest BCUT2D eigenvalue weighted by Gasteiger charge is -2.23. The SMILES string of the molecule is Cn1ccc(C(=O)C2COc3ccccc3C2)n1. The van der Waals surface area contributed by atoms with Gasteiger partial charge >= 0.3 is 0 Å². The molecule has 0 spiro atoms. The molecule has 0 aliphatic carbocycles. The first-order chi connectivity index (χ1) is 8.74. The summed E-state index contributed by atoms with van der Waals surface area (Å²) in [7, 11) is 1.81. The number of ketones is 1. The average Bonchev–Trinajstić information content (AvgIpc) is 2.84. The number of carbonyl (C=O) groups excluding carboxylic acids is 1. The van der Waals surface area contributed by atoms with Gasteiger partial charge in [-0.05, 0) is 24.1 Å². The van der Waals surface area contributed by atoms with Crippen LogP contribution in [-0.2, 0) is 13.5 Å². The first kappa shape index (κ1) is 11.0. The van der Waals surface area contributed by atoms with Crippen LogP contribution in [0.25, 0.3) is 0 Å². The van der Waals surface area contributed by atoms with E-state index in [-0.39, 0.29) is 11.7 Å². The zero-order valence-electron chi connectivity index (χ0n) is 10.2. The van der Waals surface area contributed by atoms with Gasteiger partial charge in [0.2, 0.25) is 0 Å². The van der Waals surface area contributed by atoms with E-state index in [2.05, 4.69) is 5.10 Å². The summed E-state index contributed by atoms with van der Waals surface area (Å²) >= 11 is 0. The van der Waals surface area contributed by atoms with E-state index in [1.807, 2.05) is 31.3 Å². The Morgan fingerprint density at radius 3 is 3.00 bits per heavy atom. The van der Waals surface area contributed by atoms with Crippen LogP contribution in [0.1, 0.15) is 16.1 Å². The fraction of sp³-hybridized carbons (Fsp3) is 0.286. The summed E-state index contributed by atoms with van der Waals surface area (Å²) in [6.07, 6.45) is 2.51. The molecule has 1 atom stereocenters. The lowest BCUT2D eigenvalue weighted by atomic mass is 9.92. The van der Waals surface area contributed by atoms with Gasteiger partial charge in [-0.25, -0.2) is 0 Å². The van der Waals surface area contributed by atoms with Crippen molar-refractivity contribution in [2.75, 3.05) is 6.61 Å². The summed E-state index contributed by atoms with van der Waals surface area (Å²) in [4.78, 5) is 12.3. The lowest BCUT2D eigenvalue weighted by Crippen LogP contribution is -2.28. The number of nitrogens with zero attached hydrogens (tertiary/aromatic N) is 2. The van der Waals surface area contributed by atoms with Crippen molar-refractivity contribution in [3.8, 4) is 5.75 Å². The molecule has 0 saturated carbocycles. The van der Waals surface area contributed by atoms with Gasteiger partial charge in [-0.2, -0.15) is 5.10 Å². The van der Waals surface area contributed by atoms with Crippen LogP contribution >= 0.6 is 0 Å². The van der Waals surface area contributed by atoms with Gasteiger partial charge in [0.1, 0.15) is 11.4 Å². The molecule has 0 bridgehead atoms. The van der Waals surface area contributed by atoms with Gasteiger partial charge in [-0.15, -0.1) is 0 Å². The molecule has 1 aliphatic heterocycles. The molecule has 0 fully saturated rings. The Morgan fingerprint density at radius 1 is 1.39 bits per heavy atom. The Kier molecular flexibility index (Phi) is 2.63. The molecule has 2 aromatic rings. The molecule has 92 valence electrons. The van der Waals surface area contributed by atoms with Gasteiger partial charge in [0.15, 0.2) is 5.78 Å². The van der Waals surface area contributed by atoms with Crippen LogP contribution in [0.3, 0.4) is 0 Å². The van der Waals surface area contributed by atoms with Crippen LogP contribution in [0, 0.1) is 5.92 Å². The van der Waals surface area contributed by atoms with Crippen LogP contribution in [0.2, 0.25) is 0 Å². The molecular weight excluding hydrogens is 228 g/mol. The molecule has 1 unspecified atom stereocenters. The smallest absolute Gasteiger partial charge is 0.189 e. The molecule has 18 heavy (non-hydrogen) atoms. The van der Waals surface area contributed by atoms with Gasteiger partial charge < -0.3 is 4.74 Å². The maximum atomic E-state index is 12.3. The standard InChI is InChI=1S/C14H14N2O2/c1-16-7-6-12(15-16)14(17)11-8-10-4-2-3-5-13(10)18-9-11/h2-7,11H,8-9H2,1H3. The molecule has 1 aliphatic rings. The molecule has 3 rings (SSSR count). The third-order valence-electron chi connectivity index (χ3n) is 3.22. The number of ether oxygens (including phenoxy) is 1. The highest BCUT2D eigenvalue weighted by Crippen LogP contribution is 2.28. The second-order valence-corrected chi connectivity index (χ2v) is 4.56. The number of para-hydroxylation sites is 1. The fourth-order valence-electron chi connectivity index (χ4n) is 2.25. The quantitative estimate of drug-likeness (QED) is 0.755. The van der Waals surface area contributed by atoms with E-state index >= 15 is 0 Å². The van der Waals surface area contributed by atoms with Crippen molar-refractivity contribution in [2.24, 2.45) is 13.0 Å². The molecule has 0 amide bonds. The van der Waals surface area contributed by atoms with E-state index in [0.717, 1.165) is 17.7 Å². The second-order valence-electron chi connectivity index (χ2n) is 4.56. The zero-order valence-corrected chi connectivity index (χ0v) is 10.2. The molecule has 1 aromatic heterocycles. The predicted molar refractivity (Wildman–Crippen MR) is 66.7 cm³/mol. The monoisotopic (exact) mass is 242 g/mol. The highest BCUT2D eigenvalue weighted by atomic mass is 16.5.